The number of hydrogen-bond acceptors (Lipinski definition) is 5. The van der Waals surface area contributed by atoms with Crippen LogP contribution in [0.5, 0.6) is 0 Å². The van der Waals surface area contributed by atoms with Gasteiger partial charge >= 0.3 is 0 Å². The smallest absolute Gasteiger partial charge is 0.158 e. The molecule has 0 radical (unpaired) electrons. The molecule has 6 heteroatoms. The maximum Gasteiger partial charge on any atom is 0.158 e. The molecule has 1 aromatic heterocycles. The molecule has 0 atom stereocenters. The van der Waals surface area contributed by atoms with E-state index in [0.717, 1.165) is 11.3 Å². The third kappa shape index (κ3) is 5.06. The third-order valence-corrected chi connectivity index (χ3v) is 5.30. The molecule has 1 aliphatic rings. The van der Waals surface area contributed by atoms with Gasteiger partial charge in [0.15, 0.2) is 5.76 Å². The molecule has 2 heterocycles. The van der Waals surface area contributed by atoms with Gasteiger partial charge in [0.1, 0.15) is 18.1 Å². The quantitative estimate of drug-likeness (QED) is 0.410. The number of halogens is 1. The molecule has 33 heavy (non-hydrogen) atoms. The van der Waals surface area contributed by atoms with Crippen LogP contribution in [0.3, 0.4) is 0 Å². The normalized spacial score (nSPS) is 14.3. The van der Waals surface area contributed by atoms with Gasteiger partial charge in [-0.15, -0.1) is 0 Å². The minimum Gasteiger partial charge on any atom is -0.359 e. The SMILES string of the molecule is C=C1C=NN(Cc2cc(-c3ccc(/C=C\C)c(C)c3)no2)C=C1N=C(C)c1ccccc1F. The predicted octanol–water partition coefficient (Wildman–Crippen LogP) is 6.53. The Morgan fingerprint density at radius 3 is 2.79 bits per heavy atom. The largest absolute Gasteiger partial charge is 0.359 e. The lowest BCUT2D eigenvalue weighted by Gasteiger charge is -2.18. The fourth-order valence-electron chi connectivity index (χ4n) is 3.53. The molecule has 4 rings (SSSR count). The Kier molecular flexibility index (Phi) is 6.45. The zero-order valence-corrected chi connectivity index (χ0v) is 18.9. The van der Waals surface area contributed by atoms with E-state index in [0.29, 0.717) is 34.9 Å². The molecule has 0 unspecified atom stereocenters. The molecule has 5 nitrogen and oxygen atoms in total. The number of benzene rings is 2. The highest BCUT2D eigenvalue weighted by atomic mass is 19.1. The first-order valence-electron chi connectivity index (χ1n) is 10.7. The first-order chi connectivity index (χ1) is 15.9. The van der Waals surface area contributed by atoms with Crippen molar-refractivity contribution in [3.63, 3.8) is 0 Å². The summed E-state index contributed by atoms with van der Waals surface area (Å²) in [5.74, 6) is 0.352. The highest BCUT2D eigenvalue weighted by Gasteiger charge is 2.15. The van der Waals surface area contributed by atoms with Crippen LogP contribution in [0.4, 0.5) is 4.39 Å². The summed E-state index contributed by atoms with van der Waals surface area (Å²) in [5, 5.41) is 10.3. The molecular formula is C27H25FN4O. The van der Waals surface area contributed by atoms with E-state index in [1.807, 2.05) is 25.1 Å². The van der Waals surface area contributed by atoms with Gasteiger partial charge in [-0.2, -0.15) is 5.10 Å². The Labute approximate surface area is 193 Å². The Balaban J connectivity index is 1.52. The Morgan fingerprint density at radius 2 is 2.03 bits per heavy atom. The van der Waals surface area contributed by atoms with Crippen LogP contribution in [-0.4, -0.2) is 22.1 Å². The molecule has 2 aromatic carbocycles. The van der Waals surface area contributed by atoms with Crippen LogP contribution in [0, 0.1) is 12.7 Å². The molecule has 0 fully saturated rings. The highest BCUT2D eigenvalue weighted by Crippen LogP contribution is 2.25. The second-order valence-corrected chi connectivity index (χ2v) is 7.81. The van der Waals surface area contributed by atoms with Gasteiger partial charge in [0.05, 0.1) is 18.1 Å². The predicted molar refractivity (Wildman–Crippen MR) is 131 cm³/mol. The number of aliphatic imine (C=N–C) groups is 1. The van der Waals surface area contributed by atoms with E-state index in [-0.39, 0.29) is 5.82 Å². The number of rotatable bonds is 6. The Bertz CT molecular complexity index is 1310. The summed E-state index contributed by atoms with van der Waals surface area (Å²) in [6.07, 6.45) is 7.50. The van der Waals surface area contributed by atoms with E-state index in [2.05, 4.69) is 47.0 Å². The van der Waals surface area contributed by atoms with Crippen molar-refractivity contribution in [2.24, 2.45) is 10.1 Å². The molecule has 166 valence electrons. The summed E-state index contributed by atoms with van der Waals surface area (Å²) in [6.45, 7) is 10.2. The standard InChI is InChI=1S/C27H25FN4O/c1-5-8-21-11-12-22(13-18(21)2)26-14-23(33-31-26)16-32-17-27(19(3)15-29-32)30-20(4)24-9-6-7-10-25(24)28/h5-15,17H,3,16H2,1-2,4H3/b8-5-,30-20?. The van der Waals surface area contributed by atoms with Gasteiger partial charge in [0.2, 0.25) is 0 Å². The molecule has 1 aliphatic heterocycles. The average molecular weight is 441 g/mol. The number of nitrogens with zero attached hydrogens (tertiary/aromatic N) is 4. The fourth-order valence-corrected chi connectivity index (χ4v) is 3.53. The lowest BCUT2D eigenvalue weighted by Crippen LogP contribution is -2.15. The third-order valence-electron chi connectivity index (χ3n) is 5.30. The lowest BCUT2D eigenvalue weighted by atomic mass is 10.0. The maximum atomic E-state index is 14.1. The number of hydrogen-bond donors (Lipinski definition) is 0. The van der Waals surface area contributed by atoms with Gasteiger partial charge in [-0.1, -0.05) is 54.2 Å². The van der Waals surface area contributed by atoms with Crippen LogP contribution in [0.1, 0.15) is 36.3 Å². The first kappa shape index (κ1) is 22.1. The van der Waals surface area contributed by atoms with Crippen LogP contribution in [0.2, 0.25) is 0 Å². The number of aromatic nitrogens is 1. The van der Waals surface area contributed by atoms with Gasteiger partial charge in [-0.3, -0.25) is 10.0 Å². The van der Waals surface area contributed by atoms with E-state index in [9.17, 15) is 4.39 Å². The van der Waals surface area contributed by atoms with Gasteiger partial charge in [0.25, 0.3) is 0 Å². The van der Waals surface area contributed by atoms with E-state index in [1.54, 1.807) is 42.5 Å². The van der Waals surface area contributed by atoms with Gasteiger partial charge < -0.3 is 4.52 Å². The molecule has 0 saturated carbocycles. The molecule has 0 N–H and O–H groups in total. The van der Waals surface area contributed by atoms with Gasteiger partial charge in [0, 0.05) is 28.5 Å². The zero-order chi connectivity index (χ0) is 23.4. The van der Waals surface area contributed by atoms with Gasteiger partial charge in [-0.25, -0.2) is 4.39 Å². The second-order valence-electron chi connectivity index (χ2n) is 7.81. The van der Waals surface area contributed by atoms with Crippen LogP contribution < -0.4 is 0 Å². The first-order valence-corrected chi connectivity index (χ1v) is 10.7. The van der Waals surface area contributed by atoms with Crippen molar-refractivity contribution >= 4 is 18.0 Å². The topological polar surface area (TPSA) is 54.0 Å². The molecule has 0 bridgehead atoms. The minimum atomic E-state index is -0.311. The molecule has 3 aromatic rings. The van der Waals surface area contributed by atoms with E-state index in [1.165, 1.54) is 17.2 Å². The summed E-state index contributed by atoms with van der Waals surface area (Å²) in [7, 11) is 0. The summed E-state index contributed by atoms with van der Waals surface area (Å²) in [5.41, 5.74) is 6.39. The monoisotopic (exact) mass is 440 g/mol. The minimum absolute atomic E-state index is 0.311. The van der Waals surface area contributed by atoms with Gasteiger partial charge in [-0.05, 0) is 44.0 Å². The Hall–Kier alpha value is -4.06. The van der Waals surface area contributed by atoms with Crippen molar-refractivity contribution in [1.29, 1.82) is 0 Å². The maximum absolute atomic E-state index is 14.1. The van der Waals surface area contributed by atoms with Crippen LogP contribution in [0.15, 0.2) is 93.3 Å². The molecule has 0 aliphatic carbocycles. The van der Waals surface area contributed by atoms with Crippen LogP contribution in [-0.2, 0) is 6.54 Å². The summed E-state index contributed by atoms with van der Waals surface area (Å²) in [6, 6.07) is 14.7. The number of aryl methyl sites for hydroxylation is 1. The van der Waals surface area contributed by atoms with Crippen LogP contribution in [0.25, 0.3) is 17.3 Å². The summed E-state index contributed by atoms with van der Waals surface area (Å²) >= 11 is 0. The van der Waals surface area contributed by atoms with E-state index < -0.39 is 0 Å². The van der Waals surface area contributed by atoms with Crippen molar-refractivity contribution in [2.75, 3.05) is 0 Å². The number of allylic oxidation sites excluding steroid dienone is 2. The van der Waals surface area contributed by atoms with Crippen molar-refractivity contribution in [1.82, 2.24) is 10.2 Å². The van der Waals surface area contributed by atoms with Crippen molar-refractivity contribution in [3.8, 4) is 11.3 Å². The molecular weight excluding hydrogens is 415 g/mol. The Morgan fingerprint density at radius 1 is 1.21 bits per heavy atom. The zero-order valence-electron chi connectivity index (χ0n) is 18.9. The lowest BCUT2D eigenvalue weighted by molar-refractivity contribution is 0.305. The average Bonchev–Trinajstić information content (AvgIpc) is 3.26. The van der Waals surface area contributed by atoms with Crippen molar-refractivity contribution < 1.29 is 8.91 Å². The molecule has 0 spiro atoms. The van der Waals surface area contributed by atoms with E-state index in [4.69, 9.17) is 4.52 Å². The second kappa shape index (κ2) is 9.61. The van der Waals surface area contributed by atoms with Crippen molar-refractivity contribution in [2.45, 2.75) is 27.3 Å². The van der Waals surface area contributed by atoms with Crippen LogP contribution >= 0.6 is 0 Å². The molecule has 0 saturated heterocycles. The highest BCUT2D eigenvalue weighted by molar-refractivity contribution is 6.00. The van der Waals surface area contributed by atoms with Crippen molar-refractivity contribution in [3.05, 3.63) is 107 Å². The number of hydrazone groups is 1. The summed E-state index contributed by atoms with van der Waals surface area (Å²) in [4.78, 5) is 4.58. The molecule has 0 amide bonds. The fraction of sp³-hybridized carbons (Fsp3) is 0.148. The van der Waals surface area contributed by atoms with E-state index >= 15 is 0 Å². The summed E-state index contributed by atoms with van der Waals surface area (Å²) < 4.78 is 19.7.